The van der Waals surface area contributed by atoms with E-state index in [1.807, 2.05) is 6.92 Å². The molecule has 1 rings (SSSR count). The Morgan fingerprint density at radius 3 is 2.53 bits per heavy atom. The first-order valence-electron chi connectivity index (χ1n) is 6.16. The van der Waals surface area contributed by atoms with Crippen LogP contribution in [0.1, 0.15) is 33.6 Å². The fourth-order valence-electron chi connectivity index (χ4n) is 2.05. The highest BCUT2D eigenvalue weighted by Gasteiger charge is 2.43. The molecule has 1 fully saturated rings. The number of amides is 1. The molecule has 7 nitrogen and oxygen atoms in total. The normalized spacial score (nSPS) is 24.2. The molecule has 0 bridgehead atoms. The maximum absolute atomic E-state index is 11.9. The summed E-state index contributed by atoms with van der Waals surface area (Å²) in [6, 6.07) is -0.424. The van der Waals surface area contributed by atoms with Crippen LogP contribution in [-0.4, -0.2) is 52.8 Å². The van der Waals surface area contributed by atoms with E-state index in [4.69, 9.17) is 9.47 Å². The molecule has 0 spiro atoms. The summed E-state index contributed by atoms with van der Waals surface area (Å²) >= 11 is 0. The number of rotatable bonds is 5. The third-order valence-corrected chi connectivity index (χ3v) is 2.94. The minimum atomic E-state index is -1.20. The number of aliphatic hydroxyl groups excluding tert-OH is 1. The summed E-state index contributed by atoms with van der Waals surface area (Å²) in [4.78, 5) is 34.7. The molecule has 19 heavy (non-hydrogen) atoms. The zero-order chi connectivity index (χ0) is 14.6. The molecular formula is C12H19NO6. The molecule has 3 atom stereocenters. The van der Waals surface area contributed by atoms with Crippen LogP contribution in [0.15, 0.2) is 0 Å². The number of likely N-dealkylation sites (tertiary alicyclic amines) is 1. The van der Waals surface area contributed by atoms with Gasteiger partial charge in [0.2, 0.25) is 5.91 Å². The monoisotopic (exact) mass is 273 g/mol. The van der Waals surface area contributed by atoms with Gasteiger partial charge >= 0.3 is 11.9 Å². The van der Waals surface area contributed by atoms with Crippen molar-refractivity contribution in [2.45, 2.75) is 52.0 Å². The van der Waals surface area contributed by atoms with Crippen molar-refractivity contribution in [1.82, 2.24) is 4.90 Å². The molecule has 0 aliphatic carbocycles. The third-order valence-electron chi connectivity index (χ3n) is 2.94. The van der Waals surface area contributed by atoms with Crippen molar-refractivity contribution in [2.24, 2.45) is 0 Å². The Morgan fingerprint density at radius 1 is 1.42 bits per heavy atom. The summed E-state index contributed by atoms with van der Waals surface area (Å²) in [6.45, 7) is 4.32. The summed E-state index contributed by atoms with van der Waals surface area (Å²) in [5.41, 5.74) is 0. The lowest BCUT2D eigenvalue weighted by Gasteiger charge is -2.30. The smallest absolute Gasteiger partial charge is 0.303 e. The van der Waals surface area contributed by atoms with E-state index in [-0.39, 0.29) is 18.9 Å². The molecule has 1 unspecified atom stereocenters. The van der Waals surface area contributed by atoms with Crippen molar-refractivity contribution >= 4 is 17.8 Å². The highest BCUT2D eigenvalue weighted by molar-refractivity contribution is 5.80. The molecule has 0 aromatic rings. The van der Waals surface area contributed by atoms with Gasteiger partial charge in [-0.3, -0.25) is 14.4 Å². The molecular weight excluding hydrogens is 254 g/mol. The standard InChI is InChI=1S/C12H19NO6/c1-4-9(6-18-7(2)14)13-11(16)5-10(12(13)17)19-8(3)15/h9-10,12,17H,4-6H2,1-3H3/t9?,10-,12-/m0/s1. The van der Waals surface area contributed by atoms with E-state index < -0.39 is 30.3 Å². The number of aliphatic hydroxyl groups is 1. The van der Waals surface area contributed by atoms with Crippen LogP contribution in [-0.2, 0) is 23.9 Å². The van der Waals surface area contributed by atoms with E-state index in [1.54, 1.807) is 0 Å². The Bertz CT molecular complexity index is 369. The molecule has 1 heterocycles. The maximum Gasteiger partial charge on any atom is 0.303 e. The molecule has 1 N–H and O–H groups in total. The summed E-state index contributed by atoms with van der Waals surface area (Å²) in [6.07, 6.45) is -1.60. The minimum absolute atomic E-state index is 0.0153. The minimum Gasteiger partial charge on any atom is -0.464 e. The molecule has 0 saturated carbocycles. The van der Waals surface area contributed by atoms with Gasteiger partial charge in [-0.25, -0.2) is 0 Å². The fraction of sp³-hybridized carbons (Fsp3) is 0.750. The molecule has 1 aliphatic rings. The van der Waals surface area contributed by atoms with Gasteiger partial charge in [-0.1, -0.05) is 6.92 Å². The SMILES string of the molecule is CCC(COC(C)=O)N1C(=O)C[C@H](OC(C)=O)[C@@H]1O. The predicted octanol–water partition coefficient (Wildman–Crippen LogP) is -0.190. The molecule has 0 aromatic carbocycles. The molecule has 1 saturated heterocycles. The van der Waals surface area contributed by atoms with Gasteiger partial charge in [-0.05, 0) is 6.42 Å². The van der Waals surface area contributed by atoms with Crippen LogP contribution in [0.25, 0.3) is 0 Å². The Hall–Kier alpha value is -1.63. The number of carbonyl (C=O) groups excluding carboxylic acids is 3. The number of hydrogen-bond donors (Lipinski definition) is 1. The van der Waals surface area contributed by atoms with E-state index in [0.717, 1.165) is 0 Å². The zero-order valence-corrected chi connectivity index (χ0v) is 11.3. The quantitative estimate of drug-likeness (QED) is 0.698. The van der Waals surface area contributed by atoms with E-state index in [2.05, 4.69) is 0 Å². The van der Waals surface area contributed by atoms with Crippen molar-refractivity contribution in [2.75, 3.05) is 6.61 Å². The first-order chi connectivity index (χ1) is 8.86. The van der Waals surface area contributed by atoms with E-state index in [1.165, 1.54) is 18.7 Å². The first-order valence-corrected chi connectivity index (χ1v) is 6.16. The Balaban J connectivity index is 2.71. The van der Waals surface area contributed by atoms with E-state index in [9.17, 15) is 19.5 Å². The highest BCUT2D eigenvalue weighted by atomic mass is 16.6. The lowest BCUT2D eigenvalue weighted by atomic mass is 10.2. The Labute approximate surface area is 111 Å². The summed E-state index contributed by atoms with van der Waals surface area (Å²) in [5.74, 6) is -1.32. The van der Waals surface area contributed by atoms with Crippen molar-refractivity contribution in [3.05, 3.63) is 0 Å². The summed E-state index contributed by atoms with van der Waals surface area (Å²) in [5, 5.41) is 10.0. The van der Waals surface area contributed by atoms with Gasteiger partial charge in [-0.2, -0.15) is 0 Å². The fourth-order valence-corrected chi connectivity index (χ4v) is 2.05. The van der Waals surface area contributed by atoms with Crippen LogP contribution in [0.5, 0.6) is 0 Å². The average Bonchev–Trinajstić information content (AvgIpc) is 2.56. The molecule has 7 heteroatoms. The van der Waals surface area contributed by atoms with E-state index >= 15 is 0 Å². The second-order valence-electron chi connectivity index (χ2n) is 4.43. The zero-order valence-electron chi connectivity index (χ0n) is 11.3. The highest BCUT2D eigenvalue weighted by Crippen LogP contribution is 2.24. The van der Waals surface area contributed by atoms with Crippen LogP contribution in [0.4, 0.5) is 0 Å². The van der Waals surface area contributed by atoms with Gasteiger partial charge in [0.05, 0.1) is 12.5 Å². The summed E-state index contributed by atoms with van der Waals surface area (Å²) in [7, 11) is 0. The Kier molecular flexibility index (Phi) is 5.29. The molecule has 1 amide bonds. The van der Waals surface area contributed by atoms with Gasteiger partial charge in [0.25, 0.3) is 0 Å². The Morgan fingerprint density at radius 2 is 2.05 bits per heavy atom. The second kappa shape index (κ2) is 6.51. The summed E-state index contributed by atoms with van der Waals surface area (Å²) < 4.78 is 9.75. The van der Waals surface area contributed by atoms with Crippen molar-refractivity contribution in [1.29, 1.82) is 0 Å². The average molecular weight is 273 g/mol. The largest absolute Gasteiger partial charge is 0.464 e. The number of hydrogen-bond acceptors (Lipinski definition) is 6. The van der Waals surface area contributed by atoms with Crippen molar-refractivity contribution < 1.29 is 29.0 Å². The van der Waals surface area contributed by atoms with Gasteiger partial charge in [-0.15, -0.1) is 0 Å². The molecule has 1 aliphatic heterocycles. The van der Waals surface area contributed by atoms with Gasteiger partial charge < -0.3 is 19.5 Å². The molecule has 0 aromatic heterocycles. The third kappa shape index (κ3) is 3.92. The second-order valence-corrected chi connectivity index (χ2v) is 4.43. The van der Waals surface area contributed by atoms with Gasteiger partial charge in [0.1, 0.15) is 6.61 Å². The number of carbonyl (C=O) groups is 3. The molecule has 0 radical (unpaired) electrons. The van der Waals surface area contributed by atoms with Crippen LogP contribution in [0.3, 0.4) is 0 Å². The first kappa shape index (κ1) is 15.4. The van der Waals surface area contributed by atoms with Crippen LogP contribution >= 0.6 is 0 Å². The van der Waals surface area contributed by atoms with Crippen molar-refractivity contribution in [3.8, 4) is 0 Å². The number of esters is 2. The van der Waals surface area contributed by atoms with Gasteiger partial charge in [0.15, 0.2) is 12.3 Å². The number of ether oxygens (including phenoxy) is 2. The van der Waals surface area contributed by atoms with Crippen LogP contribution in [0, 0.1) is 0 Å². The van der Waals surface area contributed by atoms with Crippen LogP contribution in [0.2, 0.25) is 0 Å². The lowest BCUT2D eigenvalue weighted by Crippen LogP contribution is -2.47. The predicted molar refractivity (Wildman–Crippen MR) is 63.7 cm³/mol. The topological polar surface area (TPSA) is 93.1 Å². The van der Waals surface area contributed by atoms with Gasteiger partial charge in [0, 0.05) is 13.8 Å². The lowest BCUT2D eigenvalue weighted by molar-refractivity contribution is -0.159. The van der Waals surface area contributed by atoms with E-state index in [0.29, 0.717) is 6.42 Å². The van der Waals surface area contributed by atoms with Crippen molar-refractivity contribution in [3.63, 3.8) is 0 Å². The molecule has 108 valence electrons. The van der Waals surface area contributed by atoms with Crippen LogP contribution < -0.4 is 0 Å². The number of nitrogens with zero attached hydrogens (tertiary/aromatic N) is 1. The maximum atomic E-state index is 11.9.